The van der Waals surface area contributed by atoms with Crippen LogP contribution in [0.3, 0.4) is 0 Å². The van der Waals surface area contributed by atoms with Gasteiger partial charge in [0.2, 0.25) is 5.91 Å². The van der Waals surface area contributed by atoms with Gasteiger partial charge in [-0.05, 0) is 39.0 Å². The van der Waals surface area contributed by atoms with Crippen LogP contribution in [-0.2, 0) is 9.53 Å². The number of rotatable bonds is 10. The standard InChI is InChI=1S/C15H31NO2/c1-6-7-11-16-14(17)8-10-15(4,5)18-12-9-13(2)3/h13H,6-12H2,1-5H3,(H,16,17). The quantitative estimate of drug-likeness (QED) is 0.608. The Bertz CT molecular complexity index is 225. The smallest absolute Gasteiger partial charge is 0.220 e. The van der Waals surface area contributed by atoms with Crippen molar-refractivity contribution in [3.05, 3.63) is 0 Å². The fraction of sp³-hybridized carbons (Fsp3) is 0.933. The van der Waals surface area contributed by atoms with E-state index < -0.39 is 0 Å². The van der Waals surface area contributed by atoms with Crippen LogP contribution in [0, 0.1) is 5.92 Å². The van der Waals surface area contributed by atoms with Crippen molar-refractivity contribution >= 4 is 5.91 Å². The Morgan fingerprint density at radius 2 is 2.00 bits per heavy atom. The van der Waals surface area contributed by atoms with E-state index in [1.807, 2.05) is 0 Å². The molecule has 0 radical (unpaired) electrons. The van der Waals surface area contributed by atoms with Crippen molar-refractivity contribution in [3.63, 3.8) is 0 Å². The van der Waals surface area contributed by atoms with Crippen LogP contribution in [0.1, 0.15) is 66.7 Å². The number of hydrogen-bond acceptors (Lipinski definition) is 2. The van der Waals surface area contributed by atoms with Gasteiger partial charge in [0, 0.05) is 19.6 Å². The molecule has 0 heterocycles. The van der Waals surface area contributed by atoms with Crippen LogP contribution < -0.4 is 5.32 Å². The van der Waals surface area contributed by atoms with Crippen molar-refractivity contribution in [2.45, 2.75) is 72.3 Å². The topological polar surface area (TPSA) is 38.3 Å². The minimum atomic E-state index is -0.197. The molecule has 0 saturated heterocycles. The number of unbranched alkanes of at least 4 members (excludes halogenated alkanes) is 1. The average Bonchev–Trinajstić information content (AvgIpc) is 2.26. The largest absolute Gasteiger partial charge is 0.376 e. The lowest BCUT2D eigenvalue weighted by atomic mass is 10.0. The monoisotopic (exact) mass is 257 g/mol. The van der Waals surface area contributed by atoms with Gasteiger partial charge >= 0.3 is 0 Å². The van der Waals surface area contributed by atoms with Crippen molar-refractivity contribution < 1.29 is 9.53 Å². The molecule has 0 fully saturated rings. The van der Waals surface area contributed by atoms with Crippen LogP contribution in [0.2, 0.25) is 0 Å². The Balaban J connectivity index is 3.70. The van der Waals surface area contributed by atoms with Gasteiger partial charge in [0.15, 0.2) is 0 Å². The predicted octanol–water partition coefficient (Wildman–Crippen LogP) is 3.52. The highest BCUT2D eigenvalue weighted by Crippen LogP contribution is 2.17. The molecule has 1 amide bonds. The molecule has 0 atom stereocenters. The first-order valence-electron chi connectivity index (χ1n) is 7.28. The second-order valence-corrected chi connectivity index (χ2v) is 5.99. The van der Waals surface area contributed by atoms with Gasteiger partial charge in [-0.2, -0.15) is 0 Å². The summed E-state index contributed by atoms with van der Waals surface area (Å²) in [5.74, 6) is 0.808. The molecule has 0 saturated carbocycles. The fourth-order valence-electron chi connectivity index (χ4n) is 1.55. The minimum absolute atomic E-state index is 0.143. The first kappa shape index (κ1) is 17.4. The third-order valence-electron chi connectivity index (χ3n) is 2.99. The first-order chi connectivity index (χ1) is 8.37. The zero-order chi connectivity index (χ0) is 14.0. The lowest BCUT2D eigenvalue weighted by Crippen LogP contribution is -2.30. The molecule has 0 aliphatic carbocycles. The molecule has 18 heavy (non-hydrogen) atoms. The Morgan fingerprint density at radius 3 is 2.56 bits per heavy atom. The highest BCUT2D eigenvalue weighted by Gasteiger charge is 2.19. The van der Waals surface area contributed by atoms with Crippen molar-refractivity contribution in [2.24, 2.45) is 5.92 Å². The number of nitrogens with one attached hydrogen (secondary N) is 1. The summed E-state index contributed by atoms with van der Waals surface area (Å²) in [7, 11) is 0. The number of amides is 1. The fourth-order valence-corrected chi connectivity index (χ4v) is 1.55. The maximum atomic E-state index is 11.6. The molecule has 0 aromatic heterocycles. The van der Waals surface area contributed by atoms with E-state index in [-0.39, 0.29) is 11.5 Å². The summed E-state index contributed by atoms with van der Waals surface area (Å²) in [6.45, 7) is 12.2. The van der Waals surface area contributed by atoms with Gasteiger partial charge in [-0.25, -0.2) is 0 Å². The van der Waals surface area contributed by atoms with E-state index in [9.17, 15) is 4.79 Å². The highest BCUT2D eigenvalue weighted by atomic mass is 16.5. The van der Waals surface area contributed by atoms with Crippen LogP contribution >= 0.6 is 0 Å². The Morgan fingerprint density at radius 1 is 1.33 bits per heavy atom. The summed E-state index contributed by atoms with van der Waals surface area (Å²) >= 11 is 0. The zero-order valence-corrected chi connectivity index (χ0v) is 12.8. The Hall–Kier alpha value is -0.570. The summed E-state index contributed by atoms with van der Waals surface area (Å²) in [5, 5.41) is 2.94. The summed E-state index contributed by atoms with van der Waals surface area (Å²) < 4.78 is 5.84. The van der Waals surface area contributed by atoms with E-state index in [1.54, 1.807) is 0 Å². The third kappa shape index (κ3) is 10.6. The van der Waals surface area contributed by atoms with Gasteiger partial charge < -0.3 is 10.1 Å². The van der Waals surface area contributed by atoms with Crippen molar-refractivity contribution in [3.8, 4) is 0 Å². The normalized spacial score (nSPS) is 11.9. The van der Waals surface area contributed by atoms with Crippen molar-refractivity contribution in [1.82, 2.24) is 5.32 Å². The molecular weight excluding hydrogens is 226 g/mol. The lowest BCUT2D eigenvalue weighted by molar-refractivity contribution is -0.123. The minimum Gasteiger partial charge on any atom is -0.376 e. The molecule has 3 heteroatoms. The molecule has 3 nitrogen and oxygen atoms in total. The average molecular weight is 257 g/mol. The van der Waals surface area contributed by atoms with E-state index in [0.717, 1.165) is 38.8 Å². The van der Waals surface area contributed by atoms with Crippen molar-refractivity contribution in [1.29, 1.82) is 0 Å². The SMILES string of the molecule is CCCCNC(=O)CCC(C)(C)OCCC(C)C. The maximum Gasteiger partial charge on any atom is 0.220 e. The van der Waals surface area contributed by atoms with Crippen LogP contribution in [0.5, 0.6) is 0 Å². The highest BCUT2D eigenvalue weighted by molar-refractivity contribution is 5.75. The van der Waals surface area contributed by atoms with Gasteiger partial charge in [-0.1, -0.05) is 27.2 Å². The van der Waals surface area contributed by atoms with Crippen LogP contribution in [0.4, 0.5) is 0 Å². The Labute approximate surface area is 113 Å². The van der Waals surface area contributed by atoms with Crippen LogP contribution in [0.15, 0.2) is 0 Å². The molecule has 0 aromatic rings. The number of ether oxygens (including phenoxy) is 1. The van der Waals surface area contributed by atoms with Gasteiger partial charge in [0.05, 0.1) is 5.60 Å². The lowest BCUT2D eigenvalue weighted by Gasteiger charge is -2.25. The molecule has 0 aliphatic rings. The van der Waals surface area contributed by atoms with Crippen molar-refractivity contribution in [2.75, 3.05) is 13.2 Å². The summed E-state index contributed by atoms with van der Waals surface area (Å²) in [4.78, 5) is 11.6. The van der Waals surface area contributed by atoms with E-state index in [4.69, 9.17) is 4.74 Å². The number of carbonyl (C=O) groups is 1. The Kier molecular flexibility index (Phi) is 9.08. The second-order valence-electron chi connectivity index (χ2n) is 5.99. The molecule has 0 rings (SSSR count). The van der Waals surface area contributed by atoms with Crippen LogP contribution in [0.25, 0.3) is 0 Å². The van der Waals surface area contributed by atoms with E-state index >= 15 is 0 Å². The maximum absolute atomic E-state index is 11.6. The first-order valence-corrected chi connectivity index (χ1v) is 7.28. The molecule has 0 spiro atoms. The molecule has 108 valence electrons. The van der Waals surface area contributed by atoms with E-state index in [0.29, 0.717) is 12.3 Å². The molecule has 0 aromatic carbocycles. The second kappa shape index (κ2) is 9.37. The molecule has 0 aliphatic heterocycles. The van der Waals surface area contributed by atoms with E-state index in [1.165, 1.54) is 0 Å². The number of hydrogen-bond donors (Lipinski definition) is 1. The van der Waals surface area contributed by atoms with Crippen LogP contribution in [-0.4, -0.2) is 24.7 Å². The predicted molar refractivity (Wildman–Crippen MR) is 76.6 cm³/mol. The zero-order valence-electron chi connectivity index (χ0n) is 12.8. The number of carbonyl (C=O) groups excluding carboxylic acids is 1. The third-order valence-corrected chi connectivity index (χ3v) is 2.99. The van der Waals surface area contributed by atoms with Gasteiger partial charge in [-0.15, -0.1) is 0 Å². The molecule has 0 unspecified atom stereocenters. The van der Waals surface area contributed by atoms with Gasteiger partial charge in [0.1, 0.15) is 0 Å². The van der Waals surface area contributed by atoms with Gasteiger partial charge in [0.25, 0.3) is 0 Å². The summed E-state index contributed by atoms with van der Waals surface area (Å²) in [6.07, 6.45) is 4.58. The summed E-state index contributed by atoms with van der Waals surface area (Å²) in [6, 6.07) is 0. The molecule has 0 bridgehead atoms. The molecular formula is C15H31NO2. The summed E-state index contributed by atoms with van der Waals surface area (Å²) in [5.41, 5.74) is -0.197. The van der Waals surface area contributed by atoms with Gasteiger partial charge in [-0.3, -0.25) is 4.79 Å². The van der Waals surface area contributed by atoms with E-state index in [2.05, 4.69) is 39.9 Å². The molecule has 1 N–H and O–H groups in total.